The first-order valence-corrected chi connectivity index (χ1v) is 14.8. The molecule has 0 radical (unpaired) electrons. The highest BCUT2D eigenvalue weighted by atomic mass is 16.2. The van der Waals surface area contributed by atoms with Crippen LogP contribution in [-0.4, -0.2) is 93.1 Å². The first-order valence-electron chi connectivity index (χ1n) is 14.8. The summed E-state index contributed by atoms with van der Waals surface area (Å²) < 4.78 is 0. The van der Waals surface area contributed by atoms with Crippen molar-refractivity contribution in [3.05, 3.63) is 11.4 Å². The normalized spacial score (nSPS) is 34.5. The van der Waals surface area contributed by atoms with Crippen LogP contribution in [0.5, 0.6) is 0 Å². The van der Waals surface area contributed by atoms with Crippen molar-refractivity contribution < 1.29 is 28.8 Å². The van der Waals surface area contributed by atoms with E-state index in [0.29, 0.717) is 51.5 Å². The van der Waals surface area contributed by atoms with E-state index in [1.165, 1.54) is 16.8 Å². The molecule has 3 heterocycles. The van der Waals surface area contributed by atoms with Gasteiger partial charge >= 0.3 is 12.1 Å². The van der Waals surface area contributed by atoms with Crippen LogP contribution in [0.4, 0.5) is 9.59 Å². The molecule has 6 fully saturated rings. The zero-order valence-corrected chi connectivity index (χ0v) is 23.5. The zero-order chi connectivity index (χ0) is 29.3. The van der Waals surface area contributed by atoms with E-state index < -0.39 is 29.4 Å². The Morgan fingerprint density at radius 1 is 0.878 bits per heavy atom. The van der Waals surface area contributed by atoms with Crippen molar-refractivity contribution in [1.29, 1.82) is 0 Å². The van der Waals surface area contributed by atoms with Crippen molar-refractivity contribution in [2.45, 2.75) is 94.7 Å². The molecule has 3 aliphatic heterocycles. The number of amides is 8. The molecule has 13 nitrogen and oxygen atoms in total. The van der Waals surface area contributed by atoms with Crippen molar-refractivity contribution in [1.82, 2.24) is 24.9 Å². The van der Waals surface area contributed by atoms with Crippen LogP contribution in [0.25, 0.3) is 0 Å². The van der Waals surface area contributed by atoms with E-state index in [-0.39, 0.29) is 53.2 Å². The van der Waals surface area contributed by atoms with Crippen molar-refractivity contribution in [3.63, 3.8) is 0 Å². The lowest BCUT2D eigenvalue weighted by molar-refractivity contribution is -0.151. The number of hydrogen-bond acceptors (Lipinski definition) is 8. The number of piperidine rings is 1. The minimum atomic E-state index is -0.923. The molecule has 0 bridgehead atoms. The molecule has 41 heavy (non-hydrogen) atoms. The predicted molar refractivity (Wildman–Crippen MR) is 144 cm³/mol. The Morgan fingerprint density at radius 2 is 1.56 bits per heavy atom. The largest absolute Gasteiger partial charge is 0.385 e. The summed E-state index contributed by atoms with van der Waals surface area (Å²) in [6.07, 6.45) is 8.30. The van der Waals surface area contributed by atoms with Gasteiger partial charge in [0.2, 0.25) is 5.91 Å². The summed E-state index contributed by atoms with van der Waals surface area (Å²) in [5, 5.41) is 2.96. The zero-order valence-electron chi connectivity index (χ0n) is 23.5. The topological polar surface area (TPSA) is 179 Å². The summed E-state index contributed by atoms with van der Waals surface area (Å²) in [4.78, 5) is 83.4. The second-order valence-corrected chi connectivity index (χ2v) is 13.0. The van der Waals surface area contributed by atoms with Gasteiger partial charge in [-0.3, -0.25) is 33.9 Å². The molecule has 0 aromatic carbocycles. The molecule has 3 aliphatic carbocycles. The highest BCUT2D eigenvalue weighted by molar-refractivity contribution is 6.29. The molecule has 0 aromatic heterocycles. The van der Waals surface area contributed by atoms with E-state index in [1.807, 2.05) is 0 Å². The highest BCUT2D eigenvalue weighted by Crippen LogP contribution is 2.61. The van der Waals surface area contributed by atoms with Gasteiger partial charge in [-0.1, -0.05) is 6.42 Å². The van der Waals surface area contributed by atoms with E-state index in [4.69, 9.17) is 11.5 Å². The summed E-state index contributed by atoms with van der Waals surface area (Å²) >= 11 is 0. The number of carbonyl (C=O) groups excluding carboxylic acids is 6. The van der Waals surface area contributed by atoms with Crippen molar-refractivity contribution >= 4 is 35.7 Å². The molecule has 5 N–H and O–H groups in total. The van der Waals surface area contributed by atoms with Crippen LogP contribution in [-0.2, 0) is 19.2 Å². The van der Waals surface area contributed by atoms with E-state index >= 15 is 0 Å². The maximum Gasteiger partial charge on any atom is 0.334 e. The smallest absolute Gasteiger partial charge is 0.334 e. The average molecular weight is 570 g/mol. The Labute approximate surface area is 238 Å². The molecule has 222 valence electrons. The number of urea groups is 2. The van der Waals surface area contributed by atoms with Gasteiger partial charge in [0, 0.05) is 38.6 Å². The van der Waals surface area contributed by atoms with Gasteiger partial charge in [0.25, 0.3) is 17.7 Å². The predicted octanol–water partition coefficient (Wildman–Crippen LogP) is 0.731. The maximum atomic E-state index is 13.5. The molecule has 3 saturated heterocycles. The van der Waals surface area contributed by atoms with Crippen molar-refractivity contribution in [2.75, 3.05) is 20.1 Å². The first kappa shape index (κ1) is 27.5. The van der Waals surface area contributed by atoms with Gasteiger partial charge < -0.3 is 21.7 Å². The van der Waals surface area contributed by atoms with E-state index in [1.54, 1.807) is 4.90 Å². The van der Waals surface area contributed by atoms with Crippen LogP contribution >= 0.6 is 0 Å². The Bertz CT molecular complexity index is 1240. The monoisotopic (exact) mass is 569 g/mol. The van der Waals surface area contributed by atoms with E-state index in [9.17, 15) is 28.8 Å². The second kappa shape index (κ2) is 9.73. The first-order chi connectivity index (χ1) is 19.5. The molecule has 0 unspecified atom stereocenters. The van der Waals surface area contributed by atoms with Crippen LogP contribution in [0.3, 0.4) is 0 Å². The molecular formula is C28H39N7O6. The third kappa shape index (κ3) is 4.26. The maximum absolute atomic E-state index is 13.5. The number of nitrogens with zero attached hydrogens (tertiary/aromatic N) is 4. The summed E-state index contributed by atoms with van der Waals surface area (Å²) in [7, 11) is 1.51. The lowest BCUT2D eigenvalue weighted by Gasteiger charge is -2.59. The minimum Gasteiger partial charge on any atom is -0.385 e. The van der Waals surface area contributed by atoms with Gasteiger partial charge in [0.1, 0.15) is 16.9 Å². The molecule has 1 atom stereocenters. The summed E-state index contributed by atoms with van der Waals surface area (Å²) in [5.41, 5.74) is 10.0. The number of nitrogens with one attached hydrogen (secondary N) is 1. The Morgan fingerprint density at radius 3 is 2.15 bits per heavy atom. The fourth-order valence-corrected chi connectivity index (χ4v) is 8.04. The molecule has 2 spiro atoms. The second-order valence-electron chi connectivity index (χ2n) is 13.0. The molecule has 8 amide bonds. The lowest BCUT2D eigenvalue weighted by Crippen LogP contribution is -2.67. The van der Waals surface area contributed by atoms with Crippen LogP contribution < -0.4 is 16.8 Å². The number of rotatable bonds is 5. The third-order valence-corrected chi connectivity index (χ3v) is 10.5. The minimum absolute atomic E-state index is 0.0332. The fraction of sp³-hybridized carbons (Fsp3) is 0.714. The van der Waals surface area contributed by atoms with Crippen LogP contribution in [0, 0.1) is 11.3 Å². The number of likely N-dealkylation sites (N-methyl/N-ethyl adjacent to an activating group) is 1. The van der Waals surface area contributed by atoms with Gasteiger partial charge in [0.15, 0.2) is 0 Å². The van der Waals surface area contributed by atoms with Gasteiger partial charge in [-0.25, -0.2) is 9.59 Å². The average Bonchev–Trinajstić information content (AvgIpc) is 3.04. The Hall–Kier alpha value is -3.64. The van der Waals surface area contributed by atoms with E-state index in [2.05, 4.69) is 5.32 Å². The van der Waals surface area contributed by atoms with Crippen LogP contribution in [0.1, 0.15) is 77.0 Å². The van der Waals surface area contributed by atoms with Gasteiger partial charge in [-0.05, 0) is 75.5 Å². The summed E-state index contributed by atoms with van der Waals surface area (Å²) in [5.74, 6) is -1.87. The molecule has 0 aromatic rings. The summed E-state index contributed by atoms with van der Waals surface area (Å²) in [6, 6.07) is -1.54. The fourth-order valence-electron chi connectivity index (χ4n) is 8.04. The number of hydrogen-bond donors (Lipinski definition) is 3. The Kier molecular flexibility index (Phi) is 6.53. The van der Waals surface area contributed by atoms with Gasteiger partial charge in [-0.2, -0.15) is 0 Å². The number of imide groups is 3. The number of nitrogens with two attached hydrogens (primary N) is 2. The number of carbonyl (C=O) groups is 6. The van der Waals surface area contributed by atoms with Gasteiger partial charge in [0.05, 0.1) is 0 Å². The quantitative estimate of drug-likeness (QED) is 0.246. The van der Waals surface area contributed by atoms with Gasteiger partial charge in [-0.15, -0.1) is 0 Å². The molecule has 13 heteroatoms. The Balaban J connectivity index is 1.16. The molecular weight excluding hydrogens is 530 g/mol. The highest BCUT2D eigenvalue weighted by Gasteiger charge is 2.68. The standard InChI is InChI=1S/C28H39N7O6/c1-32-24(39)28(34(25(32)40)13-17-6-3-7-19(36)31-17)14-27(15-28)10-8-18(9-11-27)35-23(38)20(21(29)30)22(37)33(26(35)41)12-16-4-2-5-16/h16-18H,2-15,29-30H2,1H3,(H,31,36)/t17-,18?,27?,28?/m0/s1. The molecule has 3 saturated carbocycles. The molecule has 6 rings (SSSR count). The van der Waals surface area contributed by atoms with Crippen molar-refractivity contribution in [3.8, 4) is 0 Å². The van der Waals surface area contributed by atoms with Crippen LogP contribution in [0.15, 0.2) is 11.4 Å². The number of barbiturate groups is 1. The third-order valence-electron chi connectivity index (χ3n) is 10.5. The van der Waals surface area contributed by atoms with Crippen molar-refractivity contribution in [2.24, 2.45) is 22.8 Å². The SMILES string of the molecule is CN1C(=O)N(C[C@@H]2CCCC(=O)N2)C2(CC3(CCC(N4C(=O)C(=C(N)N)C(=O)N(CC5CCC5)C4=O)CC3)C2)C1=O. The molecule has 6 aliphatic rings. The van der Waals surface area contributed by atoms with Crippen LogP contribution in [0.2, 0.25) is 0 Å². The van der Waals surface area contributed by atoms with E-state index in [0.717, 1.165) is 37.0 Å². The lowest BCUT2D eigenvalue weighted by atomic mass is 9.51. The summed E-state index contributed by atoms with van der Waals surface area (Å²) in [6.45, 7) is 0.551.